The molecule has 15 heavy (non-hydrogen) atoms. The Labute approximate surface area is 90.2 Å². The van der Waals surface area contributed by atoms with E-state index in [1.807, 2.05) is 16.8 Å². The van der Waals surface area contributed by atoms with Gasteiger partial charge in [0.25, 0.3) is 0 Å². The maximum Gasteiger partial charge on any atom is 0.224 e. The van der Waals surface area contributed by atoms with Crippen LogP contribution in [-0.2, 0) is 0 Å². The number of thiophene rings is 1. The summed E-state index contributed by atoms with van der Waals surface area (Å²) in [4.78, 5) is 7.71. The van der Waals surface area contributed by atoms with Crippen molar-refractivity contribution < 1.29 is 4.39 Å². The molecule has 0 fully saturated rings. The Bertz CT molecular complexity index is 443. The molecule has 2 heterocycles. The molecule has 0 atom stereocenters. The SMILES string of the molecule is CNc1ncc(F)c(Nc2ccsc2)n1. The van der Waals surface area contributed by atoms with Crippen molar-refractivity contribution in [1.82, 2.24) is 9.97 Å². The van der Waals surface area contributed by atoms with E-state index >= 15 is 0 Å². The fourth-order valence-electron chi connectivity index (χ4n) is 1.05. The normalized spacial score (nSPS) is 10.0. The third-order valence-electron chi connectivity index (χ3n) is 1.75. The number of halogens is 1. The van der Waals surface area contributed by atoms with Gasteiger partial charge in [-0.2, -0.15) is 16.3 Å². The molecule has 2 aromatic heterocycles. The highest BCUT2D eigenvalue weighted by molar-refractivity contribution is 7.08. The second-order valence-corrected chi connectivity index (χ2v) is 3.56. The van der Waals surface area contributed by atoms with Gasteiger partial charge in [-0.15, -0.1) is 0 Å². The van der Waals surface area contributed by atoms with Crippen LogP contribution in [0.15, 0.2) is 23.0 Å². The number of hydrogen-bond donors (Lipinski definition) is 2. The predicted molar refractivity (Wildman–Crippen MR) is 59.1 cm³/mol. The van der Waals surface area contributed by atoms with Gasteiger partial charge in [0.05, 0.1) is 11.9 Å². The lowest BCUT2D eigenvalue weighted by atomic mass is 10.5. The Morgan fingerprint density at radius 3 is 3.00 bits per heavy atom. The van der Waals surface area contributed by atoms with E-state index in [0.717, 1.165) is 11.9 Å². The Kier molecular flexibility index (Phi) is 2.77. The molecule has 6 heteroatoms. The van der Waals surface area contributed by atoms with Crippen LogP contribution >= 0.6 is 11.3 Å². The molecule has 0 aromatic carbocycles. The number of anilines is 3. The van der Waals surface area contributed by atoms with Crippen LogP contribution in [0.3, 0.4) is 0 Å². The molecule has 0 unspecified atom stereocenters. The zero-order valence-corrected chi connectivity index (χ0v) is 8.81. The lowest BCUT2D eigenvalue weighted by Crippen LogP contribution is -2.02. The van der Waals surface area contributed by atoms with E-state index < -0.39 is 5.82 Å². The zero-order chi connectivity index (χ0) is 10.7. The first-order valence-corrected chi connectivity index (χ1v) is 5.23. The second kappa shape index (κ2) is 4.22. The fourth-order valence-corrected chi connectivity index (χ4v) is 1.64. The van der Waals surface area contributed by atoms with Gasteiger partial charge in [0.2, 0.25) is 5.95 Å². The van der Waals surface area contributed by atoms with Crippen LogP contribution in [0, 0.1) is 5.82 Å². The highest BCUT2D eigenvalue weighted by Gasteiger charge is 2.06. The Morgan fingerprint density at radius 2 is 2.33 bits per heavy atom. The van der Waals surface area contributed by atoms with Crippen LogP contribution in [0.1, 0.15) is 0 Å². The van der Waals surface area contributed by atoms with Gasteiger partial charge in [0, 0.05) is 12.4 Å². The molecule has 0 aliphatic rings. The van der Waals surface area contributed by atoms with Crippen molar-refractivity contribution in [3.8, 4) is 0 Å². The van der Waals surface area contributed by atoms with Crippen LogP contribution in [-0.4, -0.2) is 17.0 Å². The van der Waals surface area contributed by atoms with E-state index in [0.29, 0.717) is 5.95 Å². The summed E-state index contributed by atoms with van der Waals surface area (Å²) in [7, 11) is 1.68. The molecule has 4 nitrogen and oxygen atoms in total. The van der Waals surface area contributed by atoms with Crippen molar-refractivity contribution in [3.05, 3.63) is 28.8 Å². The van der Waals surface area contributed by atoms with Gasteiger partial charge in [-0.25, -0.2) is 9.37 Å². The minimum absolute atomic E-state index is 0.174. The number of rotatable bonds is 3. The van der Waals surface area contributed by atoms with Gasteiger partial charge >= 0.3 is 0 Å². The monoisotopic (exact) mass is 224 g/mol. The molecular formula is C9H9FN4S. The third-order valence-corrected chi connectivity index (χ3v) is 2.43. The smallest absolute Gasteiger partial charge is 0.224 e. The molecule has 2 N–H and O–H groups in total. The zero-order valence-electron chi connectivity index (χ0n) is 7.99. The summed E-state index contributed by atoms with van der Waals surface area (Å²) in [6, 6.07) is 1.85. The summed E-state index contributed by atoms with van der Waals surface area (Å²) in [5, 5.41) is 9.40. The fraction of sp³-hybridized carbons (Fsp3) is 0.111. The van der Waals surface area contributed by atoms with E-state index in [2.05, 4.69) is 20.6 Å². The lowest BCUT2D eigenvalue weighted by molar-refractivity contribution is 0.619. The summed E-state index contributed by atoms with van der Waals surface area (Å²) < 4.78 is 13.3. The van der Waals surface area contributed by atoms with Crippen molar-refractivity contribution in [2.45, 2.75) is 0 Å². The number of nitrogens with zero attached hydrogens (tertiary/aromatic N) is 2. The summed E-state index contributed by atoms with van der Waals surface area (Å²) >= 11 is 1.53. The van der Waals surface area contributed by atoms with Crippen LogP contribution in [0.4, 0.5) is 21.8 Å². The second-order valence-electron chi connectivity index (χ2n) is 2.78. The van der Waals surface area contributed by atoms with Gasteiger partial charge < -0.3 is 10.6 Å². The summed E-state index contributed by atoms with van der Waals surface area (Å²) in [5.74, 6) is 0.0853. The van der Waals surface area contributed by atoms with Gasteiger partial charge in [-0.1, -0.05) is 0 Å². The van der Waals surface area contributed by atoms with E-state index in [4.69, 9.17) is 0 Å². The molecule has 0 saturated heterocycles. The van der Waals surface area contributed by atoms with E-state index in [-0.39, 0.29) is 5.82 Å². The van der Waals surface area contributed by atoms with Crippen molar-refractivity contribution in [1.29, 1.82) is 0 Å². The molecule has 2 aromatic rings. The Hall–Kier alpha value is -1.69. The number of aromatic nitrogens is 2. The molecule has 0 saturated carbocycles. The maximum absolute atomic E-state index is 13.3. The Balaban J connectivity index is 2.27. The van der Waals surface area contributed by atoms with Crippen LogP contribution in [0.25, 0.3) is 0 Å². The van der Waals surface area contributed by atoms with Crippen molar-refractivity contribution in [2.24, 2.45) is 0 Å². The third kappa shape index (κ3) is 2.21. The summed E-state index contributed by atoms with van der Waals surface area (Å²) in [6.45, 7) is 0. The van der Waals surface area contributed by atoms with Crippen LogP contribution < -0.4 is 10.6 Å². The molecule has 0 aliphatic carbocycles. The largest absolute Gasteiger partial charge is 0.357 e. The molecule has 78 valence electrons. The van der Waals surface area contributed by atoms with Crippen molar-refractivity contribution in [2.75, 3.05) is 17.7 Å². The first-order chi connectivity index (χ1) is 7.29. The van der Waals surface area contributed by atoms with Gasteiger partial charge in [-0.3, -0.25) is 0 Å². The van der Waals surface area contributed by atoms with E-state index in [9.17, 15) is 4.39 Å². The molecular weight excluding hydrogens is 215 g/mol. The minimum Gasteiger partial charge on any atom is -0.357 e. The average molecular weight is 224 g/mol. The van der Waals surface area contributed by atoms with Crippen molar-refractivity contribution >= 4 is 28.8 Å². The molecule has 0 radical (unpaired) electrons. The van der Waals surface area contributed by atoms with Gasteiger partial charge in [0.1, 0.15) is 0 Å². The summed E-state index contributed by atoms with van der Waals surface area (Å²) in [5.41, 5.74) is 0.819. The van der Waals surface area contributed by atoms with E-state index in [1.54, 1.807) is 7.05 Å². The quantitative estimate of drug-likeness (QED) is 0.840. The van der Waals surface area contributed by atoms with Gasteiger partial charge in [-0.05, 0) is 11.4 Å². The van der Waals surface area contributed by atoms with Crippen LogP contribution in [0.5, 0.6) is 0 Å². The standard InChI is InChI=1S/C9H9FN4S/c1-11-9-12-4-7(10)8(14-9)13-6-2-3-15-5-6/h2-5H,1H3,(H2,11,12,13,14). The number of hydrogen-bond acceptors (Lipinski definition) is 5. The molecule has 0 spiro atoms. The first kappa shape index (κ1) is 9.85. The van der Waals surface area contributed by atoms with Gasteiger partial charge in [0.15, 0.2) is 11.6 Å². The van der Waals surface area contributed by atoms with E-state index in [1.165, 1.54) is 11.3 Å². The maximum atomic E-state index is 13.3. The minimum atomic E-state index is -0.472. The highest BCUT2D eigenvalue weighted by Crippen LogP contribution is 2.20. The topological polar surface area (TPSA) is 49.8 Å². The lowest BCUT2D eigenvalue weighted by Gasteiger charge is -2.05. The Morgan fingerprint density at radius 1 is 1.47 bits per heavy atom. The molecule has 0 bridgehead atoms. The van der Waals surface area contributed by atoms with Crippen LogP contribution in [0.2, 0.25) is 0 Å². The average Bonchev–Trinajstić information content (AvgIpc) is 2.74. The first-order valence-electron chi connectivity index (χ1n) is 4.29. The highest BCUT2D eigenvalue weighted by atomic mass is 32.1. The van der Waals surface area contributed by atoms with Crippen molar-refractivity contribution in [3.63, 3.8) is 0 Å². The predicted octanol–water partition coefficient (Wildman–Crippen LogP) is 2.46. The summed E-state index contributed by atoms with van der Waals surface area (Å²) in [6.07, 6.45) is 1.13. The number of nitrogens with one attached hydrogen (secondary N) is 2. The molecule has 2 rings (SSSR count). The molecule has 0 amide bonds. The molecule has 0 aliphatic heterocycles.